The minimum absolute atomic E-state index is 0.117. The number of carbonyl (C=O) groups excluding carboxylic acids is 2. The second kappa shape index (κ2) is 5.11. The van der Waals surface area contributed by atoms with Gasteiger partial charge in [0.05, 0.1) is 11.6 Å². The van der Waals surface area contributed by atoms with Gasteiger partial charge in [-0.2, -0.15) is 17.0 Å². The average molecular weight is 324 g/mol. The van der Waals surface area contributed by atoms with Crippen LogP contribution in [0.25, 0.3) is 0 Å². The number of hydrogen-bond acceptors (Lipinski definition) is 5. The molecule has 22 heavy (non-hydrogen) atoms. The standard InChI is InChI=1S/C13H16N4O4S/c1-15(2)22(20,21)16-7-5-9(8-16)17-12(18)10-4-3-6-14-11(10)13(17)19/h3-4,6,9H,5,7-8H2,1-2H3. The lowest BCUT2D eigenvalue weighted by Crippen LogP contribution is -2.44. The number of amides is 2. The fourth-order valence-electron chi connectivity index (χ4n) is 2.78. The molecule has 0 saturated carbocycles. The monoisotopic (exact) mass is 324 g/mol. The molecule has 1 saturated heterocycles. The topological polar surface area (TPSA) is 90.9 Å². The highest BCUT2D eigenvalue weighted by Gasteiger charge is 2.45. The van der Waals surface area contributed by atoms with Gasteiger partial charge in [-0.25, -0.2) is 0 Å². The van der Waals surface area contributed by atoms with Gasteiger partial charge >= 0.3 is 0 Å². The lowest BCUT2D eigenvalue weighted by molar-refractivity contribution is 0.0591. The summed E-state index contributed by atoms with van der Waals surface area (Å²) in [6.45, 7) is 0.401. The summed E-state index contributed by atoms with van der Waals surface area (Å²) in [6.07, 6.45) is 1.89. The van der Waals surface area contributed by atoms with E-state index in [9.17, 15) is 18.0 Å². The van der Waals surface area contributed by atoms with Gasteiger partial charge in [0.25, 0.3) is 22.0 Å². The predicted molar refractivity (Wildman–Crippen MR) is 77.3 cm³/mol. The summed E-state index contributed by atoms with van der Waals surface area (Å²) in [4.78, 5) is 29.8. The molecular formula is C13H16N4O4S. The van der Waals surface area contributed by atoms with Crippen molar-refractivity contribution in [3.05, 3.63) is 29.6 Å². The summed E-state index contributed by atoms with van der Waals surface area (Å²) in [5.74, 6) is -0.850. The summed E-state index contributed by atoms with van der Waals surface area (Å²) in [7, 11) is -0.634. The summed E-state index contributed by atoms with van der Waals surface area (Å²) in [5, 5.41) is 0. The van der Waals surface area contributed by atoms with Gasteiger partial charge in [0.2, 0.25) is 0 Å². The van der Waals surface area contributed by atoms with E-state index in [4.69, 9.17) is 0 Å². The minimum atomic E-state index is -3.54. The molecule has 2 aliphatic rings. The van der Waals surface area contributed by atoms with Crippen molar-refractivity contribution < 1.29 is 18.0 Å². The number of nitrogens with zero attached hydrogens (tertiary/aromatic N) is 4. The second-order valence-corrected chi connectivity index (χ2v) is 7.61. The van der Waals surface area contributed by atoms with Crippen LogP contribution in [0.2, 0.25) is 0 Å². The van der Waals surface area contributed by atoms with E-state index in [1.165, 1.54) is 24.6 Å². The van der Waals surface area contributed by atoms with Gasteiger partial charge in [0.15, 0.2) is 0 Å². The van der Waals surface area contributed by atoms with Crippen LogP contribution in [-0.2, 0) is 10.2 Å². The van der Waals surface area contributed by atoms with Crippen molar-refractivity contribution >= 4 is 22.0 Å². The van der Waals surface area contributed by atoms with Gasteiger partial charge in [0.1, 0.15) is 5.69 Å². The van der Waals surface area contributed by atoms with E-state index in [0.717, 1.165) is 9.21 Å². The molecule has 9 heteroatoms. The van der Waals surface area contributed by atoms with Crippen LogP contribution in [0.15, 0.2) is 18.3 Å². The first-order valence-corrected chi connectivity index (χ1v) is 8.24. The number of hydrogen-bond donors (Lipinski definition) is 0. The molecule has 3 heterocycles. The van der Waals surface area contributed by atoms with Crippen LogP contribution >= 0.6 is 0 Å². The molecular weight excluding hydrogens is 308 g/mol. The van der Waals surface area contributed by atoms with Gasteiger partial charge in [-0.1, -0.05) is 0 Å². The largest absolute Gasteiger partial charge is 0.281 e. The van der Waals surface area contributed by atoms with Gasteiger partial charge in [-0.3, -0.25) is 19.5 Å². The van der Waals surface area contributed by atoms with Crippen LogP contribution < -0.4 is 0 Å². The second-order valence-electron chi connectivity index (χ2n) is 5.47. The maximum Gasteiger partial charge on any atom is 0.281 e. The lowest BCUT2D eigenvalue weighted by atomic mass is 10.2. The van der Waals surface area contributed by atoms with E-state index in [-0.39, 0.29) is 24.3 Å². The maximum absolute atomic E-state index is 12.4. The Morgan fingerprint density at radius 1 is 1.27 bits per heavy atom. The zero-order valence-corrected chi connectivity index (χ0v) is 13.1. The molecule has 0 N–H and O–H groups in total. The van der Waals surface area contributed by atoms with Crippen LogP contribution in [0.3, 0.4) is 0 Å². The molecule has 0 bridgehead atoms. The summed E-state index contributed by atoms with van der Waals surface area (Å²) >= 11 is 0. The first-order chi connectivity index (χ1) is 10.3. The summed E-state index contributed by atoms with van der Waals surface area (Å²) < 4.78 is 26.7. The molecule has 1 aromatic heterocycles. The molecule has 0 aliphatic carbocycles. The average Bonchev–Trinajstić information content (AvgIpc) is 3.05. The fraction of sp³-hybridized carbons (Fsp3) is 0.462. The van der Waals surface area contributed by atoms with Crippen LogP contribution in [0, 0.1) is 0 Å². The molecule has 2 aliphatic heterocycles. The van der Waals surface area contributed by atoms with Crippen LogP contribution in [0.1, 0.15) is 27.3 Å². The highest BCUT2D eigenvalue weighted by molar-refractivity contribution is 7.86. The van der Waals surface area contributed by atoms with Gasteiger partial charge in [-0.15, -0.1) is 0 Å². The number of aromatic nitrogens is 1. The van der Waals surface area contributed by atoms with Crippen molar-refractivity contribution in [2.45, 2.75) is 12.5 Å². The predicted octanol–water partition coefficient (Wildman–Crippen LogP) is -0.442. The SMILES string of the molecule is CN(C)S(=O)(=O)N1CCC(N2C(=O)c3cccnc3C2=O)C1. The normalized spacial score (nSPS) is 22.7. The number of rotatable bonds is 3. The molecule has 1 aromatic rings. The molecule has 0 radical (unpaired) electrons. The quantitative estimate of drug-likeness (QED) is 0.703. The Morgan fingerprint density at radius 3 is 2.64 bits per heavy atom. The van der Waals surface area contributed by atoms with Crippen LogP contribution in [0.5, 0.6) is 0 Å². The van der Waals surface area contributed by atoms with Crippen molar-refractivity contribution in [2.75, 3.05) is 27.2 Å². The molecule has 1 atom stereocenters. The van der Waals surface area contributed by atoms with Crippen molar-refractivity contribution in [1.82, 2.24) is 18.5 Å². The van der Waals surface area contributed by atoms with E-state index >= 15 is 0 Å². The van der Waals surface area contributed by atoms with E-state index in [2.05, 4.69) is 4.98 Å². The molecule has 2 amide bonds. The molecule has 1 fully saturated rings. The molecule has 0 aromatic carbocycles. The van der Waals surface area contributed by atoms with Gasteiger partial charge < -0.3 is 0 Å². The third kappa shape index (κ3) is 2.13. The molecule has 0 spiro atoms. The molecule has 1 unspecified atom stereocenters. The fourth-order valence-corrected chi connectivity index (χ4v) is 3.94. The smallest absolute Gasteiger partial charge is 0.268 e. The Labute approximate surface area is 128 Å². The van der Waals surface area contributed by atoms with E-state index in [1.807, 2.05) is 0 Å². The Hall–Kier alpha value is -1.84. The zero-order chi connectivity index (χ0) is 16.1. The highest BCUT2D eigenvalue weighted by atomic mass is 32.2. The van der Waals surface area contributed by atoms with Crippen molar-refractivity contribution in [3.63, 3.8) is 0 Å². The van der Waals surface area contributed by atoms with E-state index in [1.54, 1.807) is 12.1 Å². The Balaban J connectivity index is 1.84. The Morgan fingerprint density at radius 2 is 2.00 bits per heavy atom. The lowest BCUT2D eigenvalue weighted by Gasteiger charge is -2.23. The maximum atomic E-state index is 12.4. The van der Waals surface area contributed by atoms with E-state index < -0.39 is 28.1 Å². The number of carbonyl (C=O) groups is 2. The number of fused-ring (bicyclic) bond motifs is 1. The molecule has 118 valence electrons. The minimum Gasteiger partial charge on any atom is -0.268 e. The third-order valence-electron chi connectivity index (χ3n) is 3.96. The van der Waals surface area contributed by atoms with Crippen molar-refractivity contribution in [1.29, 1.82) is 0 Å². The first-order valence-electron chi connectivity index (χ1n) is 6.84. The third-order valence-corrected chi connectivity index (χ3v) is 5.86. The van der Waals surface area contributed by atoms with Crippen LogP contribution in [-0.4, -0.2) is 72.0 Å². The van der Waals surface area contributed by atoms with Gasteiger partial charge in [0, 0.05) is 33.4 Å². The molecule has 8 nitrogen and oxygen atoms in total. The zero-order valence-electron chi connectivity index (χ0n) is 12.3. The Kier molecular flexibility index (Phi) is 3.50. The van der Waals surface area contributed by atoms with Gasteiger partial charge in [-0.05, 0) is 18.6 Å². The van der Waals surface area contributed by atoms with E-state index in [0.29, 0.717) is 6.42 Å². The summed E-state index contributed by atoms with van der Waals surface area (Å²) in [5.41, 5.74) is 0.419. The molecule has 3 rings (SSSR count). The summed E-state index contributed by atoms with van der Waals surface area (Å²) in [6, 6.07) is 2.71. The number of pyridine rings is 1. The van der Waals surface area contributed by atoms with Crippen molar-refractivity contribution in [3.8, 4) is 0 Å². The number of imide groups is 1. The van der Waals surface area contributed by atoms with Crippen LogP contribution in [0.4, 0.5) is 0 Å². The van der Waals surface area contributed by atoms with Crippen molar-refractivity contribution in [2.24, 2.45) is 0 Å². The highest BCUT2D eigenvalue weighted by Crippen LogP contribution is 2.28. The Bertz CT molecular complexity index is 711. The first kappa shape index (κ1) is 15.1.